The van der Waals surface area contributed by atoms with E-state index in [9.17, 15) is 18.0 Å². The van der Waals surface area contributed by atoms with E-state index in [1.54, 1.807) is 30.6 Å². The zero-order chi connectivity index (χ0) is 20.3. The summed E-state index contributed by atoms with van der Waals surface area (Å²) < 4.78 is 27.8. The van der Waals surface area contributed by atoms with Crippen LogP contribution in [0.15, 0.2) is 34.7 Å². The van der Waals surface area contributed by atoms with Crippen LogP contribution in [0.5, 0.6) is 0 Å². The minimum absolute atomic E-state index is 0.114. The summed E-state index contributed by atoms with van der Waals surface area (Å²) in [7, 11) is -3.79. The number of amides is 2. The van der Waals surface area contributed by atoms with E-state index >= 15 is 0 Å². The van der Waals surface area contributed by atoms with Crippen molar-refractivity contribution in [2.75, 3.05) is 23.7 Å². The average Bonchev–Trinajstić information content (AvgIpc) is 3.16. The lowest BCUT2D eigenvalue weighted by molar-refractivity contribution is -0.121. The average molecular weight is 423 g/mol. The number of piperidine rings is 1. The first kappa shape index (κ1) is 20.4. The molecule has 0 aliphatic carbocycles. The fourth-order valence-corrected chi connectivity index (χ4v) is 5.47. The number of aryl methyl sites for hydroxylation is 1. The van der Waals surface area contributed by atoms with E-state index < -0.39 is 15.9 Å². The summed E-state index contributed by atoms with van der Waals surface area (Å²) in [6.45, 7) is 3.54. The number of thiazole rings is 1. The summed E-state index contributed by atoms with van der Waals surface area (Å²) in [5.41, 5.74) is 1.01. The van der Waals surface area contributed by atoms with Gasteiger partial charge in [-0.1, -0.05) is 6.07 Å². The lowest BCUT2D eigenvalue weighted by atomic mass is 9.99. The molecule has 0 radical (unpaired) electrons. The molecule has 150 valence electrons. The third-order valence-corrected chi connectivity index (χ3v) is 7.24. The predicted molar refractivity (Wildman–Crippen MR) is 108 cm³/mol. The van der Waals surface area contributed by atoms with Crippen molar-refractivity contribution in [3.8, 4) is 0 Å². The Morgan fingerprint density at radius 1 is 1.29 bits per heavy atom. The van der Waals surface area contributed by atoms with Gasteiger partial charge in [0.05, 0.1) is 10.8 Å². The zero-order valence-corrected chi connectivity index (χ0v) is 17.3. The van der Waals surface area contributed by atoms with Crippen LogP contribution in [0.4, 0.5) is 10.8 Å². The lowest BCUT2D eigenvalue weighted by Crippen LogP contribution is -2.43. The van der Waals surface area contributed by atoms with E-state index in [1.165, 1.54) is 28.6 Å². The van der Waals surface area contributed by atoms with Gasteiger partial charge in [-0.3, -0.25) is 9.59 Å². The molecule has 1 saturated heterocycles. The Balaban J connectivity index is 1.79. The summed E-state index contributed by atoms with van der Waals surface area (Å²) in [5, 5.41) is 7.62. The van der Waals surface area contributed by atoms with Crippen molar-refractivity contribution in [3.63, 3.8) is 0 Å². The molecule has 0 saturated carbocycles. The van der Waals surface area contributed by atoms with Crippen LogP contribution in [0.1, 0.15) is 25.3 Å². The Kier molecular flexibility index (Phi) is 6.11. The molecule has 2 N–H and O–H groups in total. The fraction of sp³-hybridized carbons (Fsp3) is 0.389. The van der Waals surface area contributed by atoms with Gasteiger partial charge in [0.2, 0.25) is 21.8 Å². The van der Waals surface area contributed by atoms with Crippen LogP contribution in [-0.4, -0.2) is 42.6 Å². The van der Waals surface area contributed by atoms with Crippen molar-refractivity contribution in [1.29, 1.82) is 0 Å². The highest BCUT2D eigenvalue weighted by Crippen LogP contribution is 2.28. The number of carbonyl (C=O) groups excluding carboxylic acids is 2. The number of hydrogen-bond donors (Lipinski definition) is 2. The molecule has 1 aromatic carbocycles. The van der Waals surface area contributed by atoms with Gasteiger partial charge in [0.15, 0.2) is 5.13 Å². The Morgan fingerprint density at radius 2 is 2.07 bits per heavy atom. The number of sulfonamides is 1. The largest absolute Gasteiger partial charge is 0.326 e. The molecule has 2 amide bonds. The summed E-state index contributed by atoms with van der Waals surface area (Å²) in [4.78, 5) is 28.0. The normalized spacial score (nSPS) is 17.9. The Morgan fingerprint density at radius 3 is 2.75 bits per heavy atom. The van der Waals surface area contributed by atoms with Crippen LogP contribution in [0, 0.1) is 12.8 Å². The van der Waals surface area contributed by atoms with Gasteiger partial charge in [0, 0.05) is 37.3 Å². The maximum absolute atomic E-state index is 13.2. The topological polar surface area (TPSA) is 108 Å². The molecule has 2 aromatic rings. The standard InChI is InChI=1S/C18H22N4O4S2/c1-12-5-6-15(20-13(2)23)10-16(12)28(25,26)22-8-3-4-14(11-22)17(24)21-18-19-7-9-27-18/h5-7,9-10,14H,3-4,8,11H2,1-2H3,(H,20,23)(H,19,21,24). The van der Waals surface area contributed by atoms with E-state index in [2.05, 4.69) is 15.6 Å². The van der Waals surface area contributed by atoms with Gasteiger partial charge >= 0.3 is 0 Å². The summed E-state index contributed by atoms with van der Waals surface area (Å²) in [6, 6.07) is 4.79. The van der Waals surface area contributed by atoms with E-state index in [0.717, 1.165) is 0 Å². The van der Waals surface area contributed by atoms with E-state index in [4.69, 9.17) is 0 Å². The third kappa shape index (κ3) is 4.57. The molecule has 0 bridgehead atoms. The number of carbonyl (C=O) groups is 2. The van der Waals surface area contributed by atoms with Crippen LogP contribution >= 0.6 is 11.3 Å². The highest BCUT2D eigenvalue weighted by atomic mass is 32.2. The fourth-order valence-electron chi connectivity index (χ4n) is 3.17. The van der Waals surface area contributed by atoms with Gasteiger partial charge in [-0.05, 0) is 37.5 Å². The molecule has 10 heteroatoms. The van der Waals surface area contributed by atoms with E-state index in [1.807, 2.05) is 0 Å². The molecule has 3 rings (SSSR count). The highest BCUT2D eigenvalue weighted by Gasteiger charge is 2.34. The number of hydrogen-bond acceptors (Lipinski definition) is 6. The molecule has 2 heterocycles. The number of aromatic nitrogens is 1. The second-order valence-corrected chi connectivity index (χ2v) is 9.49. The molecular weight excluding hydrogens is 400 g/mol. The first-order chi connectivity index (χ1) is 13.3. The number of nitrogens with one attached hydrogen (secondary N) is 2. The molecule has 1 unspecified atom stereocenters. The number of rotatable bonds is 5. The number of anilines is 2. The van der Waals surface area contributed by atoms with Crippen molar-refractivity contribution >= 4 is 44.0 Å². The van der Waals surface area contributed by atoms with Gasteiger partial charge in [0.1, 0.15) is 0 Å². The molecular formula is C18H22N4O4S2. The van der Waals surface area contributed by atoms with Crippen molar-refractivity contribution in [2.24, 2.45) is 5.92 Å². The van der Waals surface area contributed by atoms with Crippen molar-refractivity contribution in [3.05, 3.63) is 35.3 Å². The smallest absolute Gasteiger partial charge is 0.243 e. The monoisotopic (exact) mass is 422 g/mol. The molecule has 1 aliphatic rings. The van der Waals surface area contributed by atoms with Crippen molar-refractivity contribution < 1.29 is 18.0 Å². The van der Waals surface area contributed by atoms with Crippen LogP contribution in [0.3, 0.4) is 0 Å². The van der Waals surface area contributed by atoms with Crippen LogP contribution in [0.25, 0.3) is 0 Å². The zero-order valence-electron chi connectivity index (χ0n) is 15.6. The number of nitrogens with zero attached hydrogens (tertiary/aromatic N) is 2. The van der Waals surface area contributed by atoms with Gasteiger partial charge in [-0.2, -0.15) is 4.31 Å². The molecule has 1 aliphatic heterocycles. The van der Waals surface area contributed by atoms with Crippen LogP contribution < -0.4 is 10.6 Å². The molecule has 28 heavy (non-hydrogen) atoms. The highest BCUT2D eigenvalue weighted by molar-refractivity contribution is 7.89. The third-order valence-electron chi connectivity index (χ3n) is 4.54. The van der Waals surface area contributed by atoms with Gasteiger partial charge in [0.25, 0.3) is 0 Å². The quantitative estimate of drug-likeness (QED) is 0.769. The van der Waals surface area contributed by atoms with Gasteiger partial charge in [-0.25, -0.2) is 13.4 Å². The van der Waals surface area contributed by atoms with E-state index in [0.29, 0.717) is 35.8 Å². The second kappa shape index (κ2) is 8.38. The van der Waals surface area contributed by atoms with Gasteiger partial charge in [-0.15, -0.1) is 11.3 Å². The first-order valence-corrected chi connectivity index (χ1v) is 11.2. The second-order valence-electron chi connectivity index (χ2n) is 6.69. The van der Waals surface area contributed by atoms with Crippen molar-refractivity contribution in [2.45, 2.75) is 31.6 Å². The summed E-state index contributed by atoms with van der Waals surface area (Å²) >= 11 is 1.32. The predicted octanol–water partition coefficient (Wildman–Crippen LogP) is 2.45. The minimum atomic E-state index is -3.79. The number of benzene rings is 1. The summed E-state index contributed by atoms with van der Waals surface area (Å²) in [6.07, 6.45) is 2.82. The molecule has 1 aromatic heterocycles. The minimum Gasteiger partial charge on any atom is -0.326 e. The van der Waals surface area contributed by atoms with Gasteiger partial charge < -0.3 is 10.6 Å². The maximum Gasteiger partial charge on any atom is 0.243 e. The van der Waals surface area contributed by atoms with Crippen LogP contribution in [0.2, 0.25) is 0 Å². The molecule has 8 nitrogen and oxygen atoms in total. The molecule has 1 atom stereocenters. The van der Waals surface area contributed by atoms with E-state index in [-0.39, 0.29) is 23.3 Å². The summed E-state index contributed by atoms with van der Waals surface area (Å²) in [5.74, 6) is -0.936. The lowest BCUT2D eigenvalue weighted by Gasteiger charge is -2.31. The maximum atomic E-state index is 13.2. The first-order valence-electron chi connectivity index (χ1n) is 8.86. The Labute approximate surface area is 168 Å². The molecule has 1 fully saturated rings. The molecule has 0 spiro atoms. The Hall–Kier alpha value is -2.30. The Bertz CT molecular complexity index is 973. The SMILES string of the molecule is CC(=O)Nc1ccc(C)c(S(=O)(=O)N2CCCC(C(=O)Nc3nccs3)C2)c1. The van der Waals surface area contributed by atoms with Crippen molar-refractivity contribution in [1.82, 2.24) is 9.29 Å². The van der Waals surface area contributed by atoms with Crippen LogP contribution in [-0.2, 0) is 19.6 Å².